The van der Waals surface area contributed by atoms with Crippen molar-refractivity contribution < 1.29 is 13.2 Å². The molecule has 0 saturated carbocycles. The van der Waals surface area contributed by atoms with Crippen molar-refractivity contribution in [1.29, 1.82) is 0 Å². The standard InChI is InChI=1S/C14H9F3S/c15-14(16,17)11-6-4-8-2-1-3-10-12(18)7-5-9(11)13(8)10/h1-7,12,18H. The van der Waals surface area contributed by atoms with Gasteiger partial charge in [0, 0.05) is 5.25 Å². The molecule has 0 nitrogen and oxygen atoms in total. The van der Waals surface area contributed by atoms with E-state index in [2.05, 4.69) is 12.6 Å². The third-order valence-electron chi connectivity index (χ3n) is 3.19. The third kappa shape index (κ3) is 1.63. The van der Waals surface area contributed by atoms with Crippen molar-refractivity contribution in [3.05, 3.63) is 53.1 Å². The molecule has 92 valence electrons. The fraction of sp³-hybridized carbons (Fsp3) is 0.143. The van der Waals surface area contributed by atoms with Gasteiger partial charge in [-0.3, -0.25) is 0 Å². The Balaban J connectivity index is 2.44. The van der Waals surface area contributed by atoms with Crippen LogP contribution < -0.4 is 0 Å². The maximum Gasteiger partial charge on any atom is 0.417 e. The molecule has 0 radical (unpaired) electrons. The van der Waals surface area contributed by atoms with Gasteiger partial charge in [0.25, 0.3) is 0 Å². The van der Waals surface area contributed by atoms with Gasteiger partial charge in [0.05, 0.1) is 5.56 Å². The molecule has 0 aromatic heterocycles. The minimum absolute atomic E-state index is 0.148. The molecule has 2 aromatic carbocycles. The minimum Gasteiger partial charge on any atom is -0.167 e. The SMILES string of the molecule is FC(F)(F)c1ccc2cccc3c2c1C=CC3S. The predicted molar refractivity (Wildman–Crippen MR) is 69.7 cm³/mol. The van der Waals surface area contributed by atoms with Crippen LogP contribution >= 0.6 is 12.6 Å². The molecule has 1 aliphatic rings. The molecule has 2 aromatic rings. The van der Waals surface area contributed by atoms with Gasteiger partial charge in [-0.25, -0.2) is 0 Å². The van der Waals surface area contributed by atoms with Crippen LogP contribution in [0.1, 0.15) is 21.9 Å². The van der Waals surface area contributed by atoms with E-state index in [-0.39, 0.29) is 10.8 Å². The second-order valence-electron chi connectivity index (χ2n) is 4.27. The Labute approximate surface area is 108 Å². The van der Waals surface area contributed by atoms with Crippen molar-refractivity contribution in [2.24, 2.45) is 0 Å². The van der Waals surface area contributed by atoms with Gasteiger partial charge in [-0.05, 0) is 28.0 Å². The van der Waals surface area contributed by atoms with Gasteiger partial charge in [0.2, 0.25) is 0 Å². The van der Waals surface area contributed by atoms with Crippen LogP contribution in [-0.2, 0) is 6.18 Å². The Bertz CT molecular complexity index is 656. The summed E-state index contributed by atoms with van der Waals surface area (Å²) < 4.78 is 38.9. The second-order valence-corrected chi connectivity index (χ2v) is 4.83. The van der Waals surface area contributed by atoms with Gasteiger partial charge in [-0.2, -0.15) is 25.8 Å². The number of thiol groups is 1. The maximum atomic E-state index is 13.0. The van der Waals surface area contributed by atoms with Crippen LogP contribution in [-0.4, -0.2) is 0 Å². The average Bonchev–Trinajstić information content (AvgIpc) is 2.32. The summed E-state index contributed by atoms with van der Waals surface area (Å²) in [4.78, 5) is 0. The zero-order valence-corrected chi connectivity index (χ0v) is 10.1. The smallest absolute Gasteiger partial charge is 0.167 e. The quantitative estimate of drug-likeness (QED) is 0.647. The lowest BCUT2D eigenvalue weighted by Crippen LogP contribution is -2.09. The number of alkyl halides is 3. The molecule has 0 fully saturated rings. The van der Waals surface area contributed by atoms with E-state index < -0.39 is 11.7 Å². The van der Waals surface area contributed by atoms with E-state index in [1.807, 2.05) is 18.2 Å². The molecule has 18 heavy (non-hydrogen) atoms. The van der Waals surface area contributed by atoms with Gasteiger partial charge in [-0.1, -0.05) is 36.4 Å². The molecule has 0 saturated heterocycles. The lowest BCUT2D eigenvalue weighted by molar-refractivity contribution is -0.137. The summed E-state index contributed by atoms with van der Waals surface area (Å²) in [5, 5.41) is 1.33. The summed E-state index contributed by atoms with van der Waals surface area (Å²) in [6.45, 7) is 0. The van der Waals surface area contributed by atoms with Gasteiger partial charge in [-0.15, -0.1) is 0 Å². The lowest BCUT2D eigenvalue weighted by atomic mass is 9.89. The molecule has 0 heterocycles. The van der Waals surface area contributed by atoms with Gasteiger partial charge in [0.15, 0.2) is 0 Å². The molecule has 4 heteroatoms. The summed E-state index contributed by atoms with van der Waals surface area (Å²) >= 11 is 4.38. The number of halogens is 3. The predicted octanol–water partition coefficient (Wildman–Crippen LogP) is 4.86. The van der Waals surface area contributed by atoms with Gasteiger partial charge >= 0.3 is 6.18 Å². The molecule has 0 spiro atoms. The summed E-state index contributed by atoms with van der Waals surface area (Å²) in [6.07, 6.45) is -1.12. The van der Waals surface area contributed by atoms with Crippen molar-refractivity contribution in [2.45, 2.75) is 11.4 Å². The molecule has 0 amide bonds. The van der Waals surface area contributed by atoms with Gasteiger partial charge < -0.3 is 0 Å². The Morgan fingerprint density at radius 1 is 1.06 bits per heavy atom. The Morgan fingerprint density at radius 3 is 2.56 bits per heavy atom. The molecule has 0 bridgehead atoms. The molecular weight excluding hydrogens is 257 g/mol. The Kier molecular flexibility index (Phi) is 2.45. The fourth-order valence-corrected chi connectivity index (χ4v) is 2.70. The van der Waals surface area contributed by atoms with E-state index in [1.54, 1.807) is 6.08 Å². The summed E-state index contributed by atoms with van der Waals surface area (Å²) in [7, 11) is 0. The topological polar surface area (TPSA) is 0 Å². The van der Waals surface area contributed by atoms with Crippen molar-refractivity contribution in [3.63, 3.8) is 0 Å². The highest BCUT2D eigenvalue weighted by atomic mass is 32.1. The molecule has 1 unspecified atom stereocenters. The number of benzene rings is 2. The number of hydrogen-bond acceptors (Lipinski definition) is 1. The molecule has 3 rings (SSSR count). The summed E-state index contributed by atoms with van der Waals surface area (Å²) in [6, 6.07) is 8.15. The third-order valence-corrected chi connectivity index (χ3v) is 3.64. The highest BCUT2D eigenvalue weighted by Gasteiger charge is 2.34. The van der Waals surface area contributed by atoms with E-state index in [0.717, 1.165) is 17.0 Å². The Morgan fingerprint density at radius 2 is 1.83 bits per heavy atom. The summed E-state index contributed by atoms with van der Waals surface area (Å²) in [5.41, 5.74) is 0.499. The largest absolute Gasteiger partial charge is 0.417 e. The highest BCUT2D eigenvalue weighted by molar-refractivity contribution is 7.80. The normalized spacial score (nSPS) is 18.3. The van der Waals surface area contributed by atoms with E-state index >= 15 is 0 Å². The first kappa shape index (κ1) is 11.7. The highest BCUT2D eigenvalue weighted by Crippen LogP contribution is 2.42. The second kappa shape index (κ2) is 3.79. The van der Waals surface area contributed by atoms with Crippen molar-refractivity contribution in [1.82, 2.24) is 0 Å². The van der Waals surface area contributed by atoms with Crippen LogP contribution in [0.5, 0.6) is 0 Å². The maximum absolute atomic E-state index is 13.0. The van der Waals surface area contributed by atoms with Crippen LogP contribution in [0.25, 0.3) is 16.8 Å². The van der Waals surface area contributed by atoms with Crippen LogP contribution in [0.15, 0.2) is 36.4 Å². The average molecular weight is 266 g/mol. The molecule has 1 atom stereocenters. The first-order valence-corrected chi connectivity index (χ1v) is 5.99. The van der Waals surface area contributed by atoms with E-state index in [1.165, 1.54) is 12.1 Å². The van der Waals surface area contributed by atoms with Crippen molar-refractivity contribution in [3.8, 4) is 0 Å². The van der Waals surface area contributed by atoms with E-state index in [9.17, 15) is 13.2 Å². The van der Waals surface area contributed by atoms with Crippen LogP contribution in [0, 0.1) is 0 Å². The first-order valence-electron chi connectivity index (χ1n) is 5.47. The van der Waals surface area contributed by atoms with Crippen LogP contribution in [0.2, 0.25) is 0 Å². The molecule has 0 N–H and O–H groups in total. The summed E-state index contributed by atoms with van der Waals surface area (Å²) in [5.74, 6) is 0. The van der Waals surface area contributed by atoms with Crippen LogP contribution in [0.4, 0.5) is 13.2 Å². The number of hydrogen-bond donors (Lipinski definition) is 1. The molecular formula is C14H9F3S. The minimum atomic E-state index is -4.33. The Hall–Kier alpha value is -1.42. The van der Waals surface area contributed by atoms with Crippen molar-refractivity contribution in [2.75, 3.05) is 0 Å². The number of rotatable bonds is 0. The first-order chi connectivity index (χ1) is 8.48. The lowest BCUT2D eigenvalue weighted by Gasteiger charge is -2.21. The van der Waals surface area contributed by atoms with Gasteiger partial charge in [0.1, 0.15) is 0 Å². The molecule has 0 aliphatic heterocycles. The van der Waals surface area contributed by atoms with E-state index in [4.69, 9.17) is 0 Å². The fourth-order valence-electron chi connectivity index (χ4n) is 2.39. The monoisotopic (exact) mass is 266 g/mol. The molecule has 1 aliphatic carbocycles. The zero-order valence-electron chi connectivity index (χ0n) is 9.20. The zero-order chi connectivity index (χ0) is 12.9. The van der Waals surface area contributed by atoms with Crippen LogP contribution in [0.3, 0.4) is 0 Å². The van der Waals surface area contributed by atoms with E-state index in [0.29, 0.717) is 5.39 Å². The van der Waals surface area contributed by atoms with Crippen molar-refractivity contribution >= 4 is 29.5 Å².